The average Bonchev–Trinajstić information content (AvgIpc) is 3.07. The number of likely N-dealkylation sites (tertiary alicyclic amines) is 1. The number of ether oxygens (including phenoxy) is 1. The summed E-state index contributed by atoms with van der Waals surface area (Å²) in [7, 11) is 1.42. The van der Waals surface area contributed by atoms with Crippen LogP contribution >= 0.6 is 11.3 Å². The van der Waals surface area contributed by atoms with Crippen LogP contribution in [0, 0.1) is 0 Å². The third-order valence-electron chi connectivity index (χ3n) is 3.70. The van der Waals surface area contributed by atoms with Gasteiger partial charge in [-0.15, -0.1) is 11.3 Å². The first kappa shape index (κ1) is 14.5. The van der Waals surface area contributed by atoms with E-state index in [-0.39, 0.29) is 12.1 Å². The van der Waals surface area contributed by atoms with Gasteiger partial charge in [-0.2, -0.15) is 0 Å². The van der Waals surface area contributed by atoms with E-state index in [0.29, 0.717) is 12.5 Å². The van der Waals surface area contributed by atoms with Crippen molar-refractivity contribution in [2.24, 2.45) is 0 Å². The topological polar surface area (TPSA) is 49.8 Å². The van der Waals surface area contributed by atoms with Gasteiger partial charge in [0, 0.05) is 17.5 Å². The van der Waals surface area contributed by atoms with Crippen LogP contribution in [-0.2, 0) is 9.53 Å². The molecule has 0 amide bonds. The Morgan fingerprint density at radius 1 is 1.68 bits per heavy atom. The van der Waals surface area contributed by atoms with E-state index in [1.807, 2.05) is 17.5 Å². The monoisotopic (exact) mass is 283 g/mol. The van der Waals surface area contributed by atoms with Crippen molar-refractivity contribution in [2.45, 2.75) is 37.8 Å². The van der Waals surface area contributed by atoms with E-state index in [9.17, 15) is 9.90 Å². The summed E-state index contributed by atoms with van der Waals surface area (Å²) < 4.78 is 4.67. The van der Waals surface area contributed by atoms with Crippen molar-refractivity contribution in [3.05, 3.63) is 22.4 Å². The number of hydrogen-bond acceptors (Lipinski definition) is 5. The number of aliphatic hydroxyl groups is 1. The van der Waals surface area contributed by atoms with E-state index in [0.717, 1.165) is 37.2 Å². The zero-order valence-corrected chi connectivity index (χ0v) is 12.1. The number of thiophene rings is 1. The van der Waals surface area contributed by atoms with Crippen LogP contribution in [0.1, 0.15) is 36.7 Å². The Morgan fingerprint density at radius 3 is 3.21 bits per heavy atom. The summed E-state index contributed by atoms with van der Waals surface area (Å²) in [6.07, 6.45) is 3.04. The quantitative estimate of drug-likeness (QED) is 0.813. The molecular weight excluding hydrogens is 262 g/mol. The molecule has 1 aliphatic rings. The van der Waals surface area contributed by atoms with Gasteiger partial charge >= 0.3 is 5.97 Å². The van der Waals surface area contributed by atoms with Gasteiger partial charge in [0.25, 0.3) is 0 Å². The minimum absolute atomic E-state index is 0.163. The molecule has 0 aliphatic carbocycles. The molecule has 1 N–H and O–H groups in total. The maximum Gasteiger partial charge on any atom is 0.306 e. The number of rotatable bonds is 6. The zero-order chi connectivity index (χ0) is 13.7. The van der Waals surface area contributed by atoms with E-state index < -0.39 is 0 Å². The Kier molecular flexibility index (Phi) is 5.36. The lowest BCUT2D eigenvalue weighted by Gasteiger charge is -2.25. The summed E-state index contributed by atoms with van der Waals surface area (Å²) in [5.74, 6) is -0.163. The molecule has 0 bridgehead atoms. The summed E-state index contributed by atoms with van der Waals surface area (Å²) in [5, 5.41) is 12.2. The number of carbonyl (C=O) groups excluding carboxylic acids is 1. The van der Waals surface area contributed by atoms with Gasteiger partial charge in [0.2, 0.25) is 0 Å². The molecule has 1 fully saturated rings. The smallest absolute Gasteiger partial charge is 0.306 e. The van der Waals surface area contributed by atoms with Crippen molar-refractivity contribution in [3.8, 4) is 0 Å². The van der Waals surface area contributed by atoms with Gasteiger partial charge in [-0.05, 0) is 37.3 Å². The van der Waals surface area contributed by atoms with Crippen molar-refractivity contribution in [1.29, 1.82) is 0 Å². The minimum Gasteiger partial charge on any atom is -0.469 e. The second-order valence-corrected chi connectivity index (χ2v) is 5.90. The first-order valence-electron chi connectivity index (χ1n) is 6.73. The van der Waals surface area contributed by atoms with Gasteiger partial charge in [0.05, 0.1) is 19.6 Å². The average molecular weight is 283 g/mol. The summed E-state index contributed by atoms with van der Waals surface area (Å²) in [6.45, 7) is 1.74. The van der Waals surface area contributed by atoms with Gasteiger partial charge in [-0.3, -0.25) is 9.69 Å². The van der Waals surface area contributed by atoms with Crippen LogP contribution in [0.3, 0.4) is 0 Å². The summed E-state index contributed by atoms with van der Waals surface area (Å²) in [4.78, 5) is 14.5. The first-order valence-corrected chi connectivity index (χ1v) is 7.61. The fourth-order valence-corrected chi connectivity index (χ4v) is 3.37. The van der Waals surface area contributed by atoms with Crippen LogP contribution in [-0.4, -0.2) is 42.2 Å². The molecule has 0 spiro atoms. The molecule has 4 nitrogen and oxygen atoms in total. The Hall–Kier alpha value is -0.910. The van der Waals surface area contributed by atoms with Crippen LogP contribution in [0.2, 0.25) is 0 Å². The predicted octanol–water partition coefficient (Wildman–Crippen LogP) is 2.20. The molecule has 0 aromatic carbocycles. The van der Waals surface area contributed by atoms with Crippen LogP contribution in [0.4, 0.5) is 0 Å². The lowest BCUT2D eigenvalue weighted by atomic mass is 10.1. The number of esters is 1. The molecule has 2 heterocycles. The summed E-state index contributed by atoms with van der Waals surface area (Å²) >= 11 is 1.59. The number of hydrogen-bond donors (Lipinski definition) is 1. The Morgan fingerprint density at radius 2 is 2.53 bits per heavy atom. The van der Waals surface area contributed by atoms with E-state index in [2.05, 4.69) is 9.64 Å². The van der Waals surface area contributed by atoms with Crippen molar-refractivity contribution < 1.29 is 14.6 Å². The molecule has 106 valence electrons. The number of methoxy groups -OCH3 is 1. The molecule has 1 aromatic rings. The highest BCUT2D eigenvalue weighted by atomic mass is 32.1. The largest absolute Gasteiger partial charge is 0.469 e. The highest BCUT2D eigenvalue weighted by molar-refractivity contribution is 7.10. The van der Waals surface area contributed by atoms with E-state index in [4.69, 9.17) is 0 Å². The third kappa shape index (κ3) is 4.03. The number of carbonyl (C=O) groups is 1. The molecule has 1 saturated heterocycles. The Labute approximate surface area is 118 Å². The second-order valence-electron chi connectivity index (χ2n) is 4.93. The Balaban J connectivity index is 1.83. The van der Waals surface area contributed by atoms with Crippen molar-refractivity contribution in [3.63, 3.8) is 0 Å². The summed E-state index contributed by atoms with van der Waals surface area (Å²) in [6, 6.07) is 4.32. The maximum atomic E-state index is 11.2. The third-order valence-corrected chi connectivity index (χ3v) is 4.67. The normalized spacial score (nSPS) is 21.5. The van der Waals surface area contributed by atoms with Crippen LogP contribution in [0.15, 0.2) is 17.5 Å². The molecular formula is C14H21NO3S. The maximum absolute atomic E-state index is 11.2. The van der Waals surface area contributed by atoms with Crippen LogP contribution < -0.4 is 0 Å². The van der Waals surface area contributed by atoms with E-state index in [1.54, 1.807) is 11.3 Å². The highest BCUT2D eigenvalue weighted by Crippen LogP contribution is 2.29. The molecule has 2 unspecified atom stereocenters. The molecule has 2 rings (SSSR count). The summed E-state index contributed by atoms with van der Waals surface area (Å²) in [5.41, 5.74) is 0. The van der Waals surface area contributed by atoms with Crippen LogP contribution in [0.25, 0.3) is 0 Å². The van der Waals surface area contributed by atoms with Gasteiger partial charge < -0.3 is 9.84 Å². The molecule has 0 radical (unpaired) electrons. The first-order chi connectivity index (χ1) is 9.20. The molecule has 1 aliphatic heterocycles. The van der Waals surface area contributed by atoms with Gasteiger partial charge in [-0.1, -0.05) is 6.07 Å². The van der Waals surface area contributed by atoms with E-state index in [1.165, 1.54) is 7.11 Å². The van der Waals surface area contributed by atoms with Gasteiger partial charge in [-0.25, -0.2) is 0 Å². The molecule has 2 atom stereocenters. The van der Waals surface area contributed by atoms with Crippen molar-refractivity contribution >= 4 is 17.3 Å². The lowest BCUT2D eigenvalue weighted by molar-refractivity contribution is -0.141. The second kappa shape index (κ2) is 7.03. The highest BCUT2D eigenvalue weighted by Gasteiger charge is 2.27. The van der Waals surface area contributed by atoms with Gasteiger partial charge in [0.15, 0.2) is 0 Å². The van der Waals surface area contributed by atoms with Crippen molar-refractivity contribution in [1.82, 2.24) is 4.90 Å². The molecule has 0 saturated carbocycles. The number of aliphatic hydroxyl groups excluding tert-OH is 1. The van der Waals surface area contributed by atoms with E-state index >= 15 is 0 Å². The predicted molar refractivity (Wildman–Crippen MR) is 75.1 cm³/mol. The van der Waals surface area contributed by atoms with Gasteiger partial charge in [0.1, 0.15) is 0 Å². The lowest BCUT2D eigenvalue weighted by Crippen LogP contribution is -2.32. The molecule has 19 heavy (non-hydrogen) atoms. The Bertz CT molecular complexity index is 393. The zero-order valence-electron chi connectivity index (χ0n) is 11.2. The van der Waals surface area contributed by atoms with Crippen LogP contribution in [0.5, 0.6) is 0 Å². The standard InChI is InChI=1S/C14H21NO3S/c1-18-14(17)6-8-15-7-2-4-11(15)10-12(16)13-5-3-9-19-13/h3,5,9,11-12,16H,2,4,6-8,10H2,1H3. The van der Waals surface area contributed by atoms with Crippen molar-refractivity contribution in [2.75, 3.05) is 20.2 Å². The molecule has 1 aromatic heterocycles. The minimum atomic E-state index is -0.385. The SMILES string of the molecule is COC(=O)CCN1CCCC1CC(O)c1cccs1. The molecule has 5 heteroatoms. The fourth-order valence-electron chi connectivity index (χ4n) is 2.65. The fraction of sp³-hybridized carbons (Fsp3) is 0.643. The number of nitrogens with zero attached hydrogens (tertiary/aromatic N) is 1.